The fourth-order valence-corrected chi connectivity index (χ4v) is 2.95. The predicted molar refractivity (Wildman–Crippen MR) is 91.3 cm³/mol. The molecule has 3 rings (SSSR count). The van der Waals surface area contributed by atoms with Gasteiger partial charge in [-0.15, -0.1) is 0 Å². The largest absolute Gasteiger partial charge is 0.354 e. The molecular weight excluding hydrogens is 290 g/mol. The molecule has 6 heteroatoms. The molecule has 0 bridgehead atoms. The fourth-order valence-electron chi connectivity index (χ4n) is 2.95. The van der Waals surface area contributed by atoms with E-state index in [2.05, 4.69) is 32.1 Å². The summed E-state index contributed by atoms with van der Waals surface area (Å²) in [4.78, 5) is 24.6. The van der Waals surface area contributed by atoms with Gasteiger partial charge >= 0.3 is 0 Å². The number of aromatic nitrogens is 2. The number of aromatic amines is 1. The molecule has 0 spiro atoms. The molecule has 0 aliphatic carbocycles. The first kappa shape index (κ1) is 16.0. The van der Waals surface area contributed by atoms with E-state index in [0.29, 0.717) is 6.54 Å². The van der Waals surface area contributed by atoms with Crippen molar-refractivity contribution >= 4 is 16.9 Å². The maximum Gasteiger partial charge on any atom is 0.237 e. The molecule has 2 aromatic rings. The molecule has 0 saturated carbocycles. The Bertz CT molecular complexity index is 627. The zero-order chi connectivity index (χ0) is 16.2. The summed E-state index contributed by atoms with van der Waals surface area (Å²) in [6.45, 7) is 6.55. The highest BCUT2D eigenvalue weighted by Gasteiger charge is 2.23. The summed E-state index contributed by atoms with van der Waals surface area (Å²) in [7, 11) is 2.12. The van der Waals surface area contributed by atoms with Crippen LogP contribution in [-0.4, -0.2) is 71.5 Å². The molecule has 1 aliphatic heterocycles. The van der Waals surface area contributed by atoms with Crippen LogP contribution >= 0.6 is 0 Å². The van der Waals surface area contributed by atoms with Crippen LogP contribution in [0.1, 0.15) is 12.7 Å². The number of imidazole rings is 1. The number of para-hydroxylation sites is 2. The third-order valence-electron chi connectivity index (χ3n) is 4.56. The molecule has 1 saturated heterocycles. The van der Waals surface area contributed by atoms with E-state index in [4.69, 9.17) is 0 Å². The summed E-state index contributed by atoms with van der Waals surface area (Å²) in [6.07, 6.45) is 0.718. The highest BCUT2D eigenvalue weighted by molar-refractivity contribution is 5.81. The monoisotopic (exact) mass is 315 g/mol. The van der Waals surface area contributed by atoms with Crippen molar-refractivity contribution in [1.82, 2.24) is 25.1 Å². The van der Waals surface area contributed by atoms with Crippen LogP contribution in [0.25, 0.3) is 11.0 Å². The topological polar surface area (TPSA) is 64.3 Å². The molecule has 23 heavy (non-hydrogen) atoms. The number of likely N-dealkylation sites (N-methyl/N-ethyl adjacent to an activating group) is 1. The van der Waals surface area contributed by atoms with Gasteiger partial charge in [-0.05, 0) is 26.1 Å². The maximum atomic E-state index is 12.3. The van der Waals surface area contributed by atoms with Crippen molar-refractivity contribution in [1.29, 1.82) is 0 Å². The maximum absolute atomic E-state index is 12.3. The second kappa shape index (κ2) is 7.10. The molecule has 124 valence electrons. The normalized spacial score (nSPS) is 18.2. The molecular formula is C17H25N5O. The Morgan fingerprint density at radius 1 is 1.30 bits per heavy atom. The van der Waals surface area contributed by atoms with E-state index < -0.39 is 0 Å². The fraction of sp³-hybridized carbons (Fsp3) is 0.529. The highest BCUT2D eigenvalue weighted by atomic mass is 16.2. The number of carbonyl (C=O) groups excluding carboxylic acids is 1. The van der Waals surface area contributed by atoms with Crippen molar-refractivity contribution in [2.24, 2.45) is 0 Å². The summed E-state index contributed by atoms with van der Waals surface area (Å²) in [5, 5.41) is 3.03. The molecule has 2 heterocycles. The SMILES string of the molecule is C[C@H](C(=O)NCCc1nc2ccccc2[nH]1)N1CCN(C)CC1. The Morgan fingerprint density at radius 2 is 2.04 bits per heavy atom. The van der Waals surface area contributed by atoms with E-state index >= 15 is 0 Å². The van der Waals surface area contributed by atoms with Crippen molar-refractivity contribution in [3.63, 3.8) is 0 Å². The molecule has 1 fully saturated rings. The zero-order valence-electron chi connectivity index (χ0n) is 13.9. The van der Waals surface area contributed by atoms with Crippen LogP contribution < -0.4 is 5.32 Å². The van der Waals surface area contributed by atoms with Gasteiger partial charge in [0.1, 0.15) is 5.82 Å². The summed E-state index contributed by atoms with van der Waals surface area (Å²) >= 11 is 0. The minimum atomic E-state index is -0.0700. The lowest BCUT2D eigenvalue weighted by molar-refractivity contribution is -0.126. The second-order valence-corrected chi connectivity index (χ2v) is 6.26. The van der Waals surface area contributed by atoms with E-state index in [-0.39, 0.29) is 11.9 Å². The van der Waals surface area contributed by atoms with Gasteiger partial charge in [-0.2, -0.15) is 0 Å². The predicted octanol–water partition coefficient (Wildman–Crippen LogP) is 0.857. The first-order chi connectivity index (χ1) is 11.1. The molecule has 1 aromatic heterocycles. The van der Waals surface area contributed by atoms with Gasteiger partial charge in [-0.25, -0.2) is 4.98 Å². The lowest BCUT2D eigenvalue weighted by Gasteiger charge is -2.35. The van der Waals surface area contributed by atoms with Crippen LogP contribution in [0.2, 0.25) is 0 Å². The van der Waals surface area contributed by atoms with Crippen LogP contribution in [0.3, 0.4) is 0 Å². The van der Waals surface area contributed by atoms with Crippen LogP contribution in [0, 0.1) is 0 Å². The zero-order valence-corrected chi connectivity index (χ0v) is 13.9. The van der Waals surface area contributed by atoms with E-state index in [1.165, 1.54) is 0 Å². The molecule has 0 unspecified atom stereocenters. The Kier molecular flexibility index (Phi) is 4.93. The van der Waals surface area contributed by atoms with Crippen LogP contribution in [0.4, 0.5) is 0 Å². The van der Waals surface area contributed by atoms with Crippen molar-refractivity contribution in [2.45, 2.75) is 19.4 Å². The molecule has 6 nitrogen and oxygen atoms in total. The van der Waals surface area contributed by atoms with Crippen LogP contribution in [-0.2, 0) is 11.2 Å². The van der Waals surface area contributed by atoms with E-state index in [0.717, 1.165) is 49.5 Å². The molecule has 1 amide bonds. The van der Waals surface area contributed by atoms with Gasteiger partial charge in [-0.1, -0.05) is 12.1 Å². The number of carbonyl (C=O) groups is 1. The molecule has 2 N–H and O–H groups in total. The quantitative estimate of drug-likeness (QED) is 0.859. The molecule has 1 aromatic carbocycles. The van der Waals surface area contributed by atoms with Gasteiger partial charge in [0.25, 0.3) is 0 Å². The van der Waals surface area contributed by atoms with Gasteiger partial charge in [0.2, 0.25) is 5.91 Å². The number of hydrogen-bond acceptors (Lipinski definition) is 4. The number of nitrogens with zero attached hydrogens (tertiary/aromatic N) is 3. The number of H-pyrrole nitrogens is 1. The average Bonchev–Trinajstić information content (AvgIpc) is 2.97. The number of rotatable bonds is 5. The van der Waals surface area contributed by atoms with Crippen molar-refractivity contribution in [2.75, 3.05) is 39.8 Å². The Balaban J connectivity index is 1.47. The second-order valence-electron chi connectivity index (χ2n) is 6.26. The number of amides is 1. The summed E-state index contributed by atoms with van der Waals surface area (Å²) in [5.74, 6) is 1.02. The molecule has 0 radical (unpaired) electrons. The van der Waals surface area contributed by atoms with Gasteiger partial charge in [0.15, 0.2) is 0 Å². The van der Waals surface area contributed by atoms with Gasteiger partial charge in [0.05, 0.1) is 17.1 Å². The van der Waals surface area contributed by atoms with Crippen molar-refractivity contribution in [3.8, 4) is 0 Å². The summed E-state index contributed by atoms with van der Waals surface area (Å²) in [5.41, 5.74) is 2.01. The molecule has 1 aliphatic rings. The third-order valence-corrected chi connectivity index (χ3v) is 4.56. The number of fused-ring (bicyclic) bond motifs is 1. The minimum Gasteiger partial charge on any atom is -0.354 e. The lowest BCUT2D eigenvalue weighted by Crippen LogP contribution is -2.53. The summed E-state index contributed by atoms with van der Waals surface area (Å²) < 4.78 is 0. The average molecular weight is 315 g/mol. The first-order valence-corrected chi connectivity index (χ1v) is 8.27. The van der Waals surface area contributed by atoms with Crippen LogP contribution in [0.15, 0.2) is 24.3 Å². The van der Waals surface area contributed by atoms with E-state index in [1.54, 1.807) is 0 Å². The van der Waals surface area contributed by atoms with E-state index in [1.807, 2.05) is 31.2 Å². The number of piperazine rings is 1. The Hall–Kier alpha value is -1.92. The number of hydrogen-bond donors (Lipinski definition) is 2. The third kappa shape index (κ3) is 3.89. The Morgan fingerprint density at radius 3 is 2.78 bits per heavy atom. The smallest absolute Gasteiger partial charge is 0.237 e. The van der Waals surface area contributed by atoms with Gasteiger partial charge in [-0.3, -0.25) is 9.69 Å². The van der Waals surface area contributed by atoms with Crippen molar-refractivity contribution in [3.05, 3.63) is 30.1 Å². The van der Waals surface area contributed by atoms with E-state index in [9.17, 15) is 4.79 Å². The van der Waals surface area contributed by atoms with Crippen LogP contribution in [0.5, 0.6) is 0 Å². The highest BCUT2D eigenvalue weighted by Crippen LogP contribution is 2.10. The number of benzene rings is 1. The standard InChI is InChI=1S/C17H25N5O/c1-13(22-11-9-21(2)10-12-22)17(23)18-8-7-16-19-14-5-3-4-6-15(14)20-16/h3-6,13H,7-12H2,1-2H3,(H,18,23)(H,19,20)/t13-/m1/s1. The van der Waals surface area contributed by atoms with Gasteiger partial charge < -0.3 is 15.2 Å². The number of nitrogens with one attached hydrogen (secondary N) is 2. The Labute approximate surface area is 136 Å². The van der Waals surface area contributed by atoms with Gasteiger partial charge in [0, 0.05) is 39.1 Å². The molecule has 1 atom stereocenters. The lowest BCUT2D eigenvalue weighted by atomic mass is 10.2. The minimum absolute atomic E-state index is 0.0700. The first-order valence-electron chi connectivity index (χ1n) is 8.27. The van der Waals surface area contributed by atoms with Crippen molar-refractivity contribution < 1.29 is 4.79 Å². The summed E-state index contributed by atoms with van der Waals surface area (Å²) in [6, 6.07) is 7.90.